The van der Waals surface area contributed by atoms with Gasteiger partial charge in [-0.3, -0.25) is 0 Å². The fourth-order valence-electron chi connectivity index (χ4n) is 1.93. The molecule has 0 N–H and O–H groups in total. The molecule has 0 aliphatic carbocycles. The van der Waals surface area contributed by atoms with E-state index in [2.05, 4.69) is 52.0 Å². The van der Waals surface area contributed by atoms with Crippen molar-refractivity contribution in [2.45, 2.75) is 12.3 Å². The van der Waals surface area contributed by atoms with E-state index in [-0.39, 0.29) is 0 Å². The minimum absolute atomic E-state index is 0.781. The van der Waals surface area contributed by atoms with E-state index in [1.807, 2.05) is 24.3 Å². The zero-order valence-corrected chi connectivity index (χ0v) is 12.6. The maximum atomic E-state index is 6.26. The number of para-hydroxylation sites is 1. The molecule has 2 aromatic carbocycles. The Labute approximate surface area is 122 Å². The largest absolute Gasteiger partial charge is 0.342 e. The van der Waals surface area contributed by atoms with Gasteiger partial charge in [0.15, 0.2) is 0 Å². The molecule has 0 radical (unpaired) electrons. The van der Waals surface area contributed by atoms with Gasteiger partial charge in [-0.05, 0) is 36.8 Å². The fourth-order valence-corrected chi connectivity index (χ4v) is 2.83. The van der Waals surface area contributed by atoms with Gasteiger partial charge in [-0.1, -0.05) is 51.8 Å². The lowest BCUT2D eigenvalue weighted by Gasteiger charge is -2.23. The first kappa shape index (κ1) is 13.4. The van der Waals surface area contributed by atoms with Crippen LogP contribution in [0.25, 0.3) is 0 Å². The Bertz CT molecular complexity index is 513. The van der Waals surface area contributed by atoms with Crippen LogP contribution in [0.3, 0.4) is 0 Å². The summed E-state index contributed by atoms with van der Waals surface area (Å²) < 4.78 is 0. The van der Waals surface area contributed by atoms with Crippen LogP contribution < -0.4 is 4.90 Å². The smallest absolute Gasteiger partial charge is 0.0467 e. The molecular weight excluding hydrogens is 310 g/mol. The molecule has 0 spiro atoms. The summed E-state index contributed by atoms with van der Waals surface area (Å²) in [6.07, 6.45) is 0. The van der Waals surface area contributed by atoms with Crippen LogP contribution in [0.2, 0.25) is 5.02 Å². The van der Waals surface area contributed by atoms with E-state index in [0.29, 0.717) is 0 Å². The highest BCUT2D eigenvalue weighted by Crippen LogP contribution is 2.29. The van der Waals surface area contributed by atoms with Crippen molar-refractivity contribution < 1.29 is 0 Å². The number of nitrogens with zero attached hydrogens (tertiary/aromatic N) is 1. The van der Waals surface area contributed by atoms with Gasteiger partial charge in [0.1, 0.15) is 0 Å². The summed E-state index contributed by atoms with van der Waals surface area (Å²) in [5.41, 5.74) is 3.42. The quantitative estimate of drug-likeness (QED) is 0.681. The summed E-state index contributed by atoms with van der Waals surface area (Å²) in [6, 6.07) is 16.5. The Morgan fingerprint density at radius 2 is 1.78 bits per heavy atom. The SMILES string of the molecule is CCN(c1ccccc1)c1ccc(CBr)c(Cl)c1. The van der Waals surface area contributed by atoms with Gasteiger partial charge in [0.25, 0.3) is 0 Å². The van der Waals surface area contributed by atoms with E-state index >= 15 is 0 Å². The first-order chi connectivity index (χ1) is 8.76. The lowest BCUT2D eigenvalue weighted by atomic mass is 10.2. The van der Waals surface area contributed by atoms with Gasteiger partial charge >= 0.3 is 0 Å². The van der Waals surface area contributed by atoms with Crippen molar-refractivity contribution in [3.05, 3.63) is 59.1 Å². The average Bonchev–Trinajstić information content (AvgIpc) is 2.41. The number of anilines is 2. The monoisotopic (exact) mass is 323 g/mol. The Hall–Kier alpha value is -0.990. The minimum Gasteiger partial charge on any atom is -0.342 e. The van der Waals surface area contributed by atoms with Gasteiger partial charge in [0.2, 0.25) is 0 Å². The lowest BCUT2D eigenvalue weighted by Crippen LogP contribution is -2.15. The number of hydrogen-bond acceptors (Lipinski definition) is 1. The van der Waals surface area contributed by atoms with E-state index in [1.54, 1.807) is 0 Å². The van der Waals surface area contributed by atoms with Crippen LogP contribution in [0, 0.1) is 0 Å². The number of halogens is 2. The Kier molecular flexibility index (Phi) is 4.67. The lowest BCUT2D eigenvalue weighted by molar-refractivity contribution is 1.02. The molecule has 94 valence electrons. The van der Waals surface area contributed by atoms with E-state index in [9.17, 15) is 0 Å². The summed E-state index contributed by atoms with van der Waals surface area (Å²) in [7, 11) is 0. The molecule has 0 heterocycles. The van der Waals surface area contributed by atoms with Crippen LogP contribution in [0.15, 0.2) is 48.5 Å². The van der Waals surface area contributed by atoms with Crippen molar-refractivity contribution >= 4 is 38.9 Å². The Balaban J connectivity index is 2.37. The maximum Gasteiger partial charge on any atom is 0.0467 e. The van der Waals surface area contributed by atoms with E-state index in [1.165, 1.54) is 5.69 Å². The zero-order valence-electron chi connectivity index (χ0n) is 10.2. The number of rotatable bonds is 4. The number of hydrogen-bond donors (Lipinski definition) is 0. The molecule has 2 aromatic rings. The normalized spacial score (nSPS) is 10.4. The Morgan fingerprint density at radius 1 is 1.06 bits per heavy atom. The first-order valence-electron chi connectivity index (χ1n) is 5.93. The minimum atomic E-state index is 0.781. The standard InChI is InChI=1S/C15H15BrClN/c1-2-18(13-6-4-3-5-7-13)14-9-8-12(11-16)15(17)10-14/h3-10H,2,11H2,1H3. The molecule has 0 atom stereocenters. The van der Waals surface area contributed by atoms with Crippen molar-refractivity contribution in [2.75, 3.05) is 11.4 Å². The van der Waals surface area contributed by atoms with E-state index < -0.39 is 0 Å². The number of alkyl halides is 1. The molecular formula is C15H15BrClN. The van der Waals surface area contributed by atoms with E-state index in [4.69, 9.17) is 11.6 Å². The molecule has 0 saturated carbocycles. The highest BCUT2D eigenvalue weighted by molar-refractivity contribution is 9.08. The highest BCUT2D eigenvalue weighted by Gasteiger charge is 2.08. The van der Waals surface area contributed by atoms with Crippen LogP contribution in [0.1, 0.15) is 12.5 Å². The molecule has 1 nitrogen and oxygen atoms in total. The molecule has 0 aliphatic heterocycles. The molecule has 0 aliphatic rings. The van der Waals surface area contributed by atoms with Crippen molar-refractivity contribution in [1.82, 2.24) is 0 Å². The molecule has 2 rings (SSSR count). The third-order valence-electron chi connectivity index (χ3n) is 2.88. The predicted molar refractivity (Wildman–Crippen MR) is 83.2 cm³/mol. The van der Waals surface area contributed by atoms with Crippen molar-refractivity contribution in [1.29, 1.82) is 0 Å². The van der Waals surface area contributed by atoms with Crippen LogP contribution >= 0.6 is 27.5 Å². The first-order valence-corrected chi connectivity index (χ1v) is 7.43. The molecule has 18 heavy (non-hydrogen) atoms. The topological polar surface area (TPSA) is 3.24 Å². The highest BCUT2D eigenvalue weighted by atomic mass is 79.9. The van der Waals surface area contributed by atoms with Gasteiger partial charge in [-0.15, -0.1) is 0 Å². The van der Waals surface area contributed by atoms with E-state index in [0.717, 1.165) is 28.1 Å². The molecule has 0 saturated heterocycles. The molecule has 0 fully saturated rings. The van der Waals surface area contributed by atoms with Gasteiger partial charge in [0, 0.05) is 28.3 Å². The summed E-state index contributed by atoms with van der Waals surface area (Å²) in [5, 5.41) is 1.59. The second-order valence-corrected chi connectivity index (χ2v) is 4.96. The second-order valence-electron chi connectivity index (χ2n) is 3.99. The summed E-state index contributed by atoms with van der Waals surface area (Å²) in [4.78, 5) is 2.24. The number of benzene rings is 2. The third kappa shape index (κ3) is 2.88. The summed E-state index contributed by atoms with van der Waals surface area (Å²) in [5.74, 6) is 0. The maximum absolute atomic E-state index is 6.26. The van der Waals surface area contributed by atoms with Crippen LogP contribution in [0.5, 0.6) is 0 Å². The molecule has 3 heteroatoms. The Morgan fingerprint density at radius 3 is 2.33 bits per heavy atom. The molecule has 0 amide bonds. The fraction of sp³-hybridized carbons (Fsp3) is 0.200. The third-order valence-corrected chi connectivity index (χ3v) is 3.83. The van der Waals surface area contributed by atoms with Crippen molar-refractivity contribution in [3.63, 3.8) is 0 Å². The van der Waals surface area contributed by atoms with Gasteiger partial charge < -0.3 is 4.90 Å². The van der Waals surface area contributed by atoms with Crippen LogP contribution in [0.4, 0.5) is 11.4 Å². The second kappa shape index (κ2) is 6.26. The van der Waals surface area contributed by atoms with Crippen LogP contribution in [-0.2, 0) is 5.33 Å². The van der Waals surface area contributed by atoms with Gasteiger partial charge in [-0.25, -0.2) is 0 Å². The predicted octanol–water partition coefficient (Wildman–Crippen LogP) is 5.39. The van der Waals surface area contributed by atoms with Crippen molar-refractivity contribution in [3.8, 4) is 0 Å². The van der Waals surface area contributed by atoms with Gasteiger partial charge in [-0.2, -0.15) is 0 Å². The summed E-state index contributed by atoms with van der Waals surface area (Å²) >= 11 is 9.70. The van der Waals surface area contributed by atoms with Gasteiger partial charge in [0.05, 0.1) is 0 Å². The van der Waals surface area contributed by atoms with Crippen LogP contribution in [-0.4, -0.2) is 6.54 Å². The molecule has 0 aromatic heterocycles. The zero-order chi connectivity index (χ0) is 13.0. The molecule has 0 bridgehead atoms. The average molecular weight is 325 g/mol. The summed E-state index contributed by atoms with van der Waals surface area (Å²) in [6.45, 7) is 3.05. The molecule has 0 unspecified atom stereocenters. The van der Waals surface area contributed by atoms with Crippen molar-refractivity contribution in [2.24, 2.45) is 0 Å².